The summed E-state index contributed by atoms with van der Waals surface area (Å²) in [6.07, 6.45) is 3.41. The van der Waals surface area contributed by atoms with Crippen molar-refractivity contribution < 1.29 is 18.3 Å². The third-order valence-corrected chi connectivity index (χ3v) is 10.5. The number of ether oxygens (including phenoxy) is 2. The largest absolute Gasteiger partial charge is 0.453 e. The normalized spacial score (nSPS) is 12.7. The number of hydrogen-bond acceptors (Lipinski definition) is 10. The van der Waals surface area contributed by atoms with Crippen LogP contribution in [0.5, 0.6) is 23.0 Å². The van der Waals surface area contributed by atoms with Crippen molar-refractivity contribution in [2.45, 2.75) is 0 Å². The predicted octanol–water partition coefficient (Wildman–Crippen LogP) is 12.9. The first kappa shape index (κ1) is 32.0. The maximum atomic E-state index is 6.49. The van der Waals surface area contributed by atoms with Crippen molar-refractivity contribution >= 4 is 56.6 Å². The van der Waals surface area contributed by atoms with Crippen molar-refractivity contribution in [3.8, 4) is 57.0 Å². The van der Waals surface area contributed by atoms with E-state index in [1.165, 1.54) is 0 Å². The average Bonchev–Trinajstić information content (AvgIpc) is 3.92. The fourth-order valence-corrected chi connectivity index (χ4v) is 7.87. The van der Waals surface area contributed by atoms with Gasteiger partial charge < -0.3 is 28.1 Å². The third kappa shape index (κ3) is 5.05. The Hall–Kier alpha value is -8.24. The van der Waals surface area contributed by atoms with Crippen LogP contribution >= 0.6 is 0 Å². The van der Waals surface area contributed by atoms with Crippen molar-refractivity contribution in [1.29, 1.82) is 0 Å². The maximum Gasteiger partial charge on any atom is 0.247 e. The van der Waals surface area contributed by atoms with Gasteiger partial charge in [-0.2, -0.15) is 0 Å². The van der Waals surface area contributed by atoms with Gasteiger partial charge in [-0.05, 0) is 97.1 Å². The highest BCUT2D eigenvalue weighted by molar-refractivity contribution is 6.01. The Bertz CT molecular complexity index is 2870. The molecule has 6 aromatic carbocycles. The molecule has 0 radical (unpaired) electrons. The number of rotatable bonds is 5. The zero-order chi connectivity index (χ0) is 38.2. The Morgan fingerprint density at radius 2 is 0.741 bits per heavy atom. The summed E-state index contributed by atoms with van der Waals surface area (Å²) in [6, 6.07) is 52.4. The number of nitrogens with zero attached hydrogens (tertiary/aromatic N) is 6. The number of aromatic nitrogens is 4. The van der Waals surface area contributed by atoms with Crippen molar-refractivity contribution in [2.75, 3.05) is 9.80 Å². The fourth-order valence-electron chi connectivity index (χ4n) is 7.87. The maximum absolute atomic E-state index is 6.49. The van der Waals surface area contributed by atoms with E-state index in [1.54, 1.807) is 12.4 Å². The van der Waals surface area contributed by atoms with Crippen LogP contribution in [0.4, 0.5) is 34.1 Å². The smallest absolute Gasteiger partial charge is 0.247 e. The molecule has 0 saturated heterocycles. The van der Waals surface area contributed by atoms with Crippen LogP contribution in [-0.4, -0.2) is 19.9 Å². The van der Waals surface area contributed by atoms with Gasteiger partial charge in [-0.1, -0.05) is 60.7 Å². The second-order valence-corrected chi connectivity index (χ2v) is 13.9. The van der Waals surface area contributed by atoms with Crippen LogP contribution in [0.1, 0.15) is 0 Å². The molecule has 0 aliphatic carbocycles. The summed E-state index contributed by atoms with van der Waals surface area (Å²) >= 11 is 0. The molecule has 12 rings (SSSR count). The van der Waals surface area contributed by atoms with E-state index in [0.717, 1.165) is 79.4 Å². The molecule has 0 saturated carbocycles. The molecule has 0 N–H and O–H groups in total. The SMILES string of the molecule is c1ccc2c(c1)Oc1ccccc1N2c1cc(-c2nc3cccnc3o2)ccc1-c1ccc(-c2nc3cccnc3o2)cc1N1c2ccccc2Oc2ccccc21. The lowest BCUT2D eigenvalue weighted by atomic mass is 9.95. The minimum Gasteiger partial charge on any atom is -0.453 e. The summed E-state index contributed by atoms with van der Waals surface area (Å²) in [5, 5.41) is 0. The van der Waals surface area contributed by atoms with Gasteiger partial charge in [0.25, 0.3) is 0 Å². The van der Waals surface area contributed by atoms with Crippen molar-refractivity contribution in [1.82, 2.24) is 19.9 Å². The summed E-state index contributed by atoms with van der Waals surface area (Å²) < 4.78 is 25.5. The van der Waals surface area contributed by atoms with E-state index in [-0.39, 0.29) is 0 Å². The van der Waals surface area contributed by atoms with Crippen LogP contribution in [0.2, 0.25) is 0 Å². The number of oxazole rings is 2. The number of hydrogen-bond donors (Lipinski definition) is 0. The summed E-state index contributed by atoms with van der Waals surface area (Å²) in [7, 11) is 0. The molecule has 0 bridgehead atoms. The lowest BCUT2D eigenvalue weighted by molar-refractivity contribution is 0.476. The Labute approximate surface area is 330 Å². The van der Waals surface area contributed by atoms with Gasteiger partial charge >= 0.3 is 0 Å². The summed E-state index contributed by atoms with van der Waals surface area (Å²) in [5.41, 5.74) is 11.1. The quantitative estimate of drug-likeness (QED) is 0.169. The van der Waals surface area contributed by atoms with E-state index in [9.17, 15) is 0 Å². The highest BCUT2D eigenvalue weighted by Crippen LogP contribution is 2.56. The third-order valence-electron chi connectivity index (χ3n) is 10.5. The Balaban J connectivity index is 1.15. The molecule has 0 amide bonds. The van der Waals surface area contributed by atoms with Crippen LogP contribution in [0.3, 0.4) is 0 Å². The van der Waals surface area contributed by atoms with E-state index >= 15 is 0 Å². The molecule has 10 aromatic rings. The molecule has 10 heteroatoms. The van der Waals surface area contributed by atoms with E-state index in [1.807, 2.05) is 109 Å². The van der Waals surface area contributed by atoms with E-state index in [4.69, 9.17) is 28.3 Å². The minimum absolute atomic E-state index is 0.465. The summed E-state index contributed by atoms with van der Waals surface area (Å²) in [4.78, 5) is 23.0. The summed E-state index contributed by atoms with van der Waals surface area (Å²) in [5.74, 6) is 3.87. The first-order valence-electron chi connectivity index (χ1n) is 18.8. The minimum atomic E-state index is 0.465. The molecular formula is C48H28N6O4. The zero-order valence-corrected chi connectivity index (χ0v) is 30.5. The molecule has 6 heterocycles. The van der Waals surface area contributed by atoms with Gasteiger partial charge in [0.1, 0.15) is 11.0 Å². The first-order chi connectivity index (χ1) is 28.7. The number of anilines is 6. The summed E-state index contributed by atoms with van der Waals surface area (Å²) in [6.45, 7) is 0. The number of fused-ring (bicyclic) bond motifs is 6. The number of benzene rings is 6. The van der Waals surface area contributed by atoms with Gasteiger partial charge in [0.15, 0.2) is 23.0 Å². The highest BCUT2D eigenvalue weighted by atomic mass is 16.5. The lowest BCUT2D eigenvalue weighted by Gasteiger charge is -2.36. The van der Waals surface area contributed by atoms with Crippen LogP contribution in [0.25, 0.3) is 56.5 Å². The fraction of sp³-hybridized carbons (Fsp3) is 0. The average molecular weight is 753 g/mol. The van der Waals surface area contributed by atoms with Gasteiger partial charge in [-0.3, -0.25) is 0 Å². The van der Waals surface area contributed by atoms with E-state index in [2.05, 4.69) is 68.3 Å². The molecule has 10 nitrogen and oxygen atoms in total. The van der Waals surface area contributed by atoms with E-state index < -0.39 is 0 Å². The second-order valence-electron chi connectivity index (χ2n) is 13.9. The van der Waals surface area contributed by atoms with Gasteiger partial charge in [0.05, 0.1) is 34.1 Å². The zero-order valence-electron chi connectivity index (χ0n) is 30.5. The highest BCUT2D eigenvalue weighted by Gasteiger charge is 2.32. The molecule has 2 aliphatic rings. The van der Waals surface area contributed by atoms with Crippen LogP contribution in [-0.2, 0) is 0 Å². The standard InChI is InChI=1S/C48H28N6O4/c1-5-17-41-35(13-1)53(36-14-2-6-18-42(36)55-41)39-27-29(45-51-33-11-9-25-49-47(33)57-45)21-23-31(39)32-24-22-30(46-52-34-12-10-26-50-48(34)58-46)28-40(32)54-37-15-3-7-19-43(37)56-44-20-8-4-16-38(44)54/h1-28H. The topological polar surface area (TPSA) is 103 Å². The monoisotopic (exact) mass is 752 g/mol. The van der Waals surface area contributed by atoms with E-state index in [0.29, 0.717) is 34.2 Å². The number of pyridine rings is 2. The Morgan fingerprint density at radius 1 is 0.362 bits per heavy atom. The Kier molecular flexibility index (Phi) is 6.99. The van der Waals surface area contributed by atoms with Crippen LogP contribution in [0.15, 0.2) is 179 Å². The first-order valence-corrected chi connectivity index (χ1v) is 18.8. The molecule has 58 heavy (non-hydrogen) atoms. The van der Waals surface area contributed by atoms with Gasteiger partial charge in [0, 0.05) is 34.6 Å². The molecule has 0 atom stereocenters. The molecule has 0 spiro atoms. The van der Waals surface area contributed by atoms with Gasteiger partial charge in [0.2, 0.25) is 23.2 Å². The molecule has 4 aromatic heterocycles. The van der Waals surface area contributed by atoms with Gasteiger partial charge in [-0.15, -0.1) is 0 Å². The van der Waals surface area contributed by atoms with Crippen molar-refractivity contribution in [3.05, 3.63) is 170 Å². The van der Waals surface area contributed by atoms with Crippen LogP contribution < -0.4 is 19.3 Å². The molecular weight excluding hydrogens is 725 g/mol. The van der Waals surface area contributed by atoms with Crippen molar-refractivity contribution in [2.24, 2.45) is 0 Å². The van der Waals surface area contributed by atoms with Gasteiger partial charge in [-0.25, -0.2) is 19.9 Å². The second kappa shape index (κ2) is 12.7. The Morgan fingerprint density at radius 3 is 1.12 bits per heavy atom. The molecule has 0 fully saturated rings. The predicted molar refractivity (Wildman–Crippen MR) is 223 cm³/mol. The van der Waals surface area contributed by atoms with Crippen molar-refractivity contribution in [3.63, 3.8) is 0 Å². The van der Waals surface area contributed by atoms with Crippen LogP contribution in [0, 0.1) is 0 Å². The molecule has 0 unspecified atom stereocenters. The number of para-hydroxylation sites is 8. The molecule has 2 aliphatic heterocycles. The molecule has 274 valence electrons. The lowest BCUT2D eigenvalue weighted by Crippen LogP contribution is -2.18.